The molecule has 0 spiro atoms. The van der Waals surface area contributed by atoms with Crippen LogP contribution in [0.15, 0.2) is 82.6 Å². The lowest BCUT2D eigenvalue weighted by atomic mass is 10.1. The van der Waals surface area contributed by atoms with Crippen molar-refractivity contribution in [2.24, 2.45) is 0 Å². The second-order valence-electron chi connectivity index (χ2n) is 8.33. The number of halogens is 2. The highest BCUT2D eigenvalue weighted by molar-refractivity contribution is 7.91. The van der Waals surface area contributed by atoms with Gasteiger partial charge in [-0.1, -0.05) is 35.9 Å². The van der Waals surface area contributed by atoms with Gasteiger partial charge in [0.1, 0.15) is 6.54 Å². The Kier molecular flexibility index (Phi) is 11.1. The van der Waals surface area contributed by atoms with Gasteiger partial charge in [0, 0.05) is 23.2 Å². The van der Waals surface area contributed by atoms with Gasteiger partial charge in [0.25, 0.3) is 5.91 Å². The van der Waals surface area contributed by atoms with Crippen LogP contribution in [0.4, 0.5) is 0 Å². The molecule has 8 nitrogen and oxygen atoms in total. The summed E-state index contributed by atoms with van der Waals surface area (Å²) in [6.45, 7) is 1.80. The summed E-state index contributed by atoms with van der Waals surface area (Å²) >= 11 is 5.98. The predicted octanol–water partition coefficient (Wildman–Crippen LogP) is 3.66. The molecule has 0 aliphatic rings. The average Bonchev–Trinajstić information content (AvgIpc) is 2.86. The number of rotatable bonds is 11. The quantitative estimate of drug-likeness (QED) is 0.278. The van der Waals surface area contributed by atoms with Gasteiger partial charge in [-0.05, 0) is 73.0 Å². The molecular formula is C26H28Cl2N2O6S. The van der Waals surface area contributed by atoms with Crippen LogP contribution in [0.3, 0.4) is 0 Å². The number of hydrogen-bond acceptors (Lipinski definition) is 6. The lowest BCUT2D eigenvalue weighted by molar-refractivity contribution is -0.135. The van der Waals surface area contributed by atoms with Crippen LogP contribution in [0.25, 0.3) is 0 Å². The van der Waals surface area contributed by atoms with E-state index in [1.165, 1.54) is 36.4 Å². The van der Waals surface area contributed by atoms with Gasteiger partial charge >= 0.3 is 5.97 Å². The number of sulfone groups is 1. The summed E-state index contributed by atoms with van der Waals surface area (Å²) in [7, 11) is -3.79. The molecule has 37 heavy (non-hydrogen) atoms. The molecule has 0 saturated heterocycles. The number of aliphatic hydroxyl groups excluding tert-OH is 1. The van der Waals surface area contributed by atoms with Crippen LogP contribution >= 0.6 is 24.0 Å². The summed E-state index contributed by atoms with van der Waals surface area (Å²) < 4.78 is 25.9. The third-order valence-corrected chi connectivity index (χ3v) is 7.52. The average molecular weight is 567 g/mol. The van der Waals surface area contributed by atoms with Crippen LogP contribution in [-0.2, 0) is 21.1 Å². The van der Waals surface area contributed by atoms with Gasteiger partial charge < -0.3 is 20.8 Å². The summed E-state index contributed by atoms with van der Waals surface area (Å²) in [6, 6.07) is 18.9. The number of carboxylic acid groups (broad SMARTS) is 1. The fourth-order valence-corrected chi connectivity index (χ4v) is 5.01. The maximum Gasteiger partial charge on any atom is 0.322 e. The Hall–Kier alpha value is -2.95. The van der Waals surface area contributed by atoms with Gasteiger partial charge in [-0.2, -0.15) is 0 Å². The molecule has 1 amide bonds. The lowest BCUT2D eigenvalue weighted by Crippen LogP contribution is -2.32. The zero-order valence-corrected chi connectivity index (χ0v) is 22.3. The molecule has 0 bridgehead atoms. The summed E-state index contributed by atoms with van der Waals surface area (Å²) in [5.41, 5.74) is 1.81. The van der Waals surface area contributed by atoms with E-state index in [1.54, 1.807) is 30.3 Å². The topological polar surface area (TPSA) is 133 Å². The van der Waals surface area contributed by atoms with Crippen molar-refractivity contribution >= 4 is 45.7 Å². The minimum atomic E-state index is -3.79. The number of carbonyl (C=O) groups is 2. The van der Waals surface area contributed by atoms with Crippen molar-refractivity contribution in [1.82, 2.24) is 10.6 Å². The highest BCUT2D eigenvalue weighted by atomic mass is 35.5. The molecule has 0 aliphatic carbocycles. The first-order chi connectivity index (χ1) is 17.1. The number of benzene rings is 3. The summed E-state index contributed by atoms with van der Waals surface area (Å²) in [5.74, 6) is -1.78. The van der Waals surface area contributed by atoms with Crippen LogP contribution in [0.1, 0.15) is 34.5 Å². The molecule has 11 heteroatoms. The van der Waals surface area contributed by atoms with E-state index in [4.69, 9.17) is 16.7 Å². The molecule has 0 fully saturated rings. The second-order valence-corrected chi connectivity index (χ2v) is 10.7. The van der Waals surface area contributed by atoms with Crippen LogP contribution in [-0.4, -0.2) is 49.6 Å². The van der Waals surface area contributed by atoms with Gasteiger partial charge in [-0.3, -0.25) is 9.59 Å². The van der Waals surface area contributed by atoms with Crippen molar-refractivity contribution in [1.29, 1.82) is 0 Å². The molecule has 0 aliphatic heterocycles. The summed E-state index contributed by atoms with van der Waals surface area (Å²) in [5, 5.41) is 25.1. The molecular weight excluding hydrogens is 539 g/mol. The third-order valence-electron chi connectivity index (χ3n) is 5.50. The first kappa shape index (κ1) is 30.3. The maximum atomic E-state index is 13.0. The first-order valence-corrected chi connectivity index (χ1v) is 13.0. The molecule has 3 aromatic rings. The predicted molar refractivity (Wildman–Crippen MR) is 143 cm³/mol. The number of nitrogens with one attached hydrogen (secondary N) is 2. The second kappa shape index (κ2) is 13.6. The highest BCUT2D eigenvalue weighted by Crippen LogP contribution is 2.22. The van der Waals surface area contributed by atoms with Crippen molar-refractivity contribution in [3.8, 4) is 0 Å². The van der Waals surface area contributed by atoms with Crippen LogP contribution in [0.5, 0.6) is 0 Å². The molecule has 4 N–H and O–H groups in total. The number of aliphatic hydroxyl groups is 1. The highest BCUT2D eigenvalue weighted by Gasteiger charge is 2.19. The zero-order chi connectivity index (χ0) is 26.3. The van der Waals surface area contributed by atoms with Gasteiger partial charge in [-0.25, -0.2) is 8.42 Å². The van der Waals surface area contributed by atoms with Crippen molar-refractivity contribution < 1.29 is 28.2 Å². The molecule has 2 atom stereocenters. The Bertz CT molecular complexity index is 1320. The van der Waals surface area contributed by atoms with Gasteiger partial charge in [-0.15, -0.1) is 12.4 Å². The summed E-state index contributed by atoms with van der Waals surface area (Å²) in [4.78, 5) is 22.6. The molecule has 0 radical (unpaired) electrons. The van der Waals surface area contributed by atoms with Crippen molar-refractivity contribution in [2.75, 3.05) is 13.1 Å². The van der Waals surface area contributed by atoms with Crippen LogP contribution < -0.4 is 10.6 Å². The number of carbonyl (C=O) groups excluding carboxylic acids is 1. The monoisotopic (exact) mass is 566 g/mol. The number of carboxylic acids is 1. The van der Waals surface area contributed by atoms with E-state index in [1.807, 2.05) is 13.0 Å². The normalized spacial score (nSPS) is 12.7. The molecule has 0 heterocycles. The molecule has 0 saturated carbocycles. The molecule has 3 rings (SSSR count). The van der Waals surface area contributed by atoms with Crippen LogP contribution in [0.2, 0.25) is 5.02 Å². The van der Waals surface area contributed by atoms with Gasteiger partial charge in [0.05, 0.1) is 15.9 Å². The minimum absolute atomic E-state index is 0. The molecule has 198 valence electrons. The first-order valence-electron chi connectivity index (χ1n) is 11.2. The van der Waals surface area contributed by atoms with Gasteiger partial charge in [0.2, 0.25) is 9.84 Å². The Morgan fingerprint density at radius 2 is 1.57 bits per heavy atom. The number of aliphatic carboxylic acids is 1. The third kappa shape index (κ3) is 8.55. The largest absolute Gasteiger partial charge is 0.480 e. The number of amides is 1. The SMILES string of the molecule is C[C@H](Cc1ccc(S(=O)(=O)c2ccc(C(=O)NCC(=O)O)cc2)cc1)NC[C@@H](O)c1cccc(Cl)c1.Cl. The van der Waals surface area contributed by atoms with E-state index in [0.29, 0.717) is 18.0 Å². The standard InChI is InChI=1S/C26H27ClN2O6S.ClH/c1-17(28-15-24(30)20-3-2-4-21(27)14-20)13-18-5-9-22(10-6-18)36(34,35)23-11-7-19(8-12-23)26(33)29-16-25(31)32;/h2-12,14,17,24,28,30H,13,15-16H2,1H3,(H,29,33)(H,31,32);1H/t17-,24-;/m1./s1. The fraction of sp³-hybridized carbons (Fsp3) is 0.231. The van der Waals surface area contributed by atoms with Crippen molar-refractivity contribution in [2.45, 2.75) is 35.3 Å². The summed E-state index contributed by atoms with van der Waals surface area (Å²) in [6.07, 6.45) is -0.0729. The smallest absolute Gasteiger partial charge is 0.322 e. The minimum Gasteiger partial charge on any atom is -0.480 e. The fourth-order valence-electron chi connectivity index (χ4n) is 3.55. The number of hydrogen-bond donors (Lipinski definition) is 4. The van der Waals surface area contributed by atoms with E-state index >= 15 is 0 Å². The maximum absolute atomic E-state index is 13.0. The zero-order valence-electron chi connectivity index (χ0n) is 19.9. The lowest BCUT2D eigenvalue weighted by Gasteiger charge is -2.18. The Balaban J connectivity index is 0.00000481. The van der Waals surface area contributed by atoms with E-state index in [9.17, 15) is 23.1 Å². The Labute approximate surface area is 227 Å². The molecule has 3 aromatic carbocycles. The Morgan fingerprint density at radius 3 is 2.14 bits per heavy atom. The van der Waals surface area contributed by atoms with Crippen molar-refractivity contribution in [3.63, 3.8) is 0 Å². The Morgan fingerprint density at radius 1 is 0.973 bits per heavy atom. The van der Waals surface area contributed by atoms with Crippen molar-refractivity contribution in [3.05, 3.63) is 94.5 Å². The molecule has 0 aromatic heterocycles. The molecule has 0 unspecified atom stereocenters. The van der Waals surface area contributed by atoms with E-state index in [2.05, 4.69) is 10.6 Å². The van der Waals surface area contributed by atoms with E-state index in [0.717, 1.165) is 11.1 Å². The van der Waals surface area contributed by atoms with Crippen LogP contribution in [0, 0.1) is 0 Å². The van der Waals surface area contributed by atoms with Gasteiger partial charge in [0.15, 0.2) is 0 Å². The van der Waals surface area contributed by atoms with E-state index < -0.39 is 34.4 Å². The van der Waals surface area contributed by atoms with E-state index in [-0.39, 0.29) is 33.8 Å².